The molecule has 1 atom stereocenters. The van der Waals surface area contributed by atoms with Crippen molar-refractivity contribution >= 4 is 28.2 Å². The molecule has 146 valence electrons. The van der Waals surface area contributed by atoms with E-state index in [9.17, 15) is 4.79 Å². The zero-order valence-electron chi connectivity index (χ0n) is 16.3. The molecule has 7 heteroatoms. The van der Waals surface area contributed by atoms with Gasteiger partial charge in [-0.05, 0) is 44.0 Å². The van der Waals surface area contributed by atoms with Gasteiger partial charge >= 0.3 is 0 Å². The number of rotatable bonds is 5. The highest BCUT2D eigenvalue weighted by molar-refractivity contribution is 5.95. The number of ether oxygens (including phenoxy) is 1. The molecular weight excluding hydrogens is 356 g/mol. The normalized spacial score (nSPS) is 16.0. The van der Waals surface area contributed by atoms with Gasteiger partial charge in [0, 0.05) is 41.8 Å². The predicted molar refractivity (Wildman–Crippen MR) is 108 cm³/mol. The summed E-state index contributed by atoms with van der Waals surface area (Å²) in [7, 11) is 1.68. The number of amides is 1. The Morgan fingerprint density at radius 2 is 2.25 bits per heavy atom. The first-order chi connectivity index (χ1) is 13.5. The minimum atomic E-state index is -0.252. The summed E-state index contributed by atoms with van der Waals surface area (Å²) < 4.78 is 10.4. The van der Waals surface area contributed by atoms with Gasteiger partial charge in [-0.2, -0.15) is 0 Å². The number of anilines is 1. The SMILES string of the molecule is COc1ccc2[nH]cc(C3=CCN([C@H](C)C(=O)Nc4cc(C)on4)CC3)c2c1. The molecular formula is C21H24N4O3. The number of aromatic amines is 1. The van der Waals surface area contributed by atoms with Gasteiger partial charge in [0.25, 0.3) is 0 Å². The zero-order chi connectivity index (χ0) is 19.7. The molecule has 0 unspecified atom stereocenters. The van der Waals surface area contributed by atoms with Gasteiger partial charge in [-0.15, -0.1) is 0 Å². The van der Waals surface area contributed by atoms with Crippen molar-refractivity contribution in [2.75, 3.05) is 25.5 Å². The maximum absolute atomic E-state index is 12.5. The molecule has 0 spiro atoms. The third-order valence-electron chi connectivity index (χ3n) is 5.28. The van der Waals surface area contributed by atoms with E-state index >= 15 is 0 Å². The fraction of sp³-hybridized carbons (Fsp3) is 0.333. The number of nitrogens with one attached hydrogen (secondary N) is 2. The molecule has 0 radical (unpaired) electrons. The number of fused-ring (bicyclic) bond motifs is 1. The summed E-state index contributed by atoms with van der Waals surface area (Å²) in [4.78, 5) is 18.0. The molecule has 2 N–H and O–H groups in total. The van der Waals surface area contributed by atoms with Gasteiger partial charge in [0.1, 0.15) is 11.5 Å². The van der Waals surface area contributed by atoms with Crippen LogP contribution in [0.15, 0.2) is 41.1 Å². The third-order valence-corrected chi connectivity index (χ3v) is 5.28. The minimum absolute atomic E-state index is 0.0815. The molecule has 7 nitrogen and oxygen atoms in total. The average Bonchev–Trinajstić information content (AvgIpc) is 3.32. The molecule has 4 rings (SSSR count). The fourth-order valence-corrected chi connectivity index (χ4v) is 3.60. The predicted octanol–water partition coefficient (Wildman–Crippen LogP) is 3.59. The molecule has 3 aromatic rings. The largest absolute Gasteiger partial charge is 0.497 e. The lowest BCUT2D eigenvalue weighted by Crippen LogP contribution is -2.44. The van der Waals surface area contributed by atoms with E-state index in [-0.39, 0.29) is 11.9 Å². The van der Waals surface area contributed by atoms with Crippen LogP contribution in [-0.4, -0.2) is 47.2 Å². The molecule has 0 aliphatic carbocycles. The molecule has 28 heavy (non-hydrogen) atoms. The van der Waals surface area contributed by atoms with Crippen molar-refractivity contribution in [1.82, 2.24) is 15.0 Å². The van der Waals surface area contributed by atoms with E-state index in [0.29, 0.717) is 11.6 Å². The number of aromatic nitrogens is 2. The average molecular weight is 380 g/mol. The maximum Gasteiger partial charge on any atom is 0.242 e. The second-order valence-corrected chi connectivity index (χ2v) is 7.08. The lowest BCUT2D eigenvalue weighted by molar-refractivity contribution is -0.120. The Kier molecular flexibility index (Phi) is 4.92. The number of benzene rings is 1. The van der Waals surface area contributed by atoms with E-state index in [0.717, 1.165) is 36.2 Å². The maximum atomic E-state index is 12.5. The summed E-state index contributed by atoms with van der Waals surface area (Å²) in [6.07, 6.45) is 5.13. The highest BCUT2D eigenvalue weighted by Gasteiger charge is 2.24. The van der Waals surface area contributed by atoms with Crippen molar-refractivity contribution in [3.8, 4) is 5.75 Å². The highest BCUT2D eigenvalue weighted by atomic mass is 16.5. The summed E-state index contributed by atoms with van der Waals surface area (Å²) in [6.45, 7) is 5.24. The first-order valence-corrected chi connectivity index (χ1v) is 9.38. The second-order valence-electron chi connectivity index (χ2n) is 7.08. The van der Waals surface area contributed by atoms with Crippen LogP contribution in [0.25, 0.3) is 16.5 Å². The van der Waals surface area contributed by atoms with E-state index in [1.54, 1.807) is 20.1 Å². The summed E-state index contributed by atoms with van der Waals surface area (Å²) in [5.74, 6) is 1.89. The Hall–Kier alpha value is -3.06. The van der Waals surface area contributed by atoms with Crippen LogP contribution >= 0.6 is 0 Å². The topological polar surface area (TPSA) is 83.4 Å². The smallest absolute Gasteiger partial charge is 0.242 e. The third kappa shape index (κ3) is 3.53. The lowest BCUT2D eigenvalue weighted by atomic mass is 9.98. The number of methoxy groups -OCH3 is 1. The number of carbonyl (C=O) groups is 1. The van der Waals surface area contributed by atoms with Crippen molar-refractivity contribution in [3.05, 3.63) is 47.9 Å². The van der Waals surface area contributed by atoms with Crippen LogP contribution in [0.5, 0.6) is 5.75 Å². The number of aryl methyl sites for hydroxylation is 1. The summed E-state index contributed by atoms with van der Waals surface area (Å²) in [5, 5.41) is 7.79. The van der Waals surface area contributed by atoms with Crippen LogP contribution in [0.4, 0.5) is 5.82 Å². The van der Waals surface area contributed by atoms with Gasteiger partial charge in [-0.25, -0.2) is 0 Å². The Morgan fingerprint density at radius 3 is 2.93 bits per heavy atom. The highest BCUT2D eigenvalue weighted by Crippen LogP contribution is 2.31. The van der Waals surface area contributed by atoms with Crippen LogP contribution in [0.2, 0.25) is 0 Å². The molecule has 0 saturated heterocycles. The van der Waals surface area contributed by atoms with Crippen LogP contribution in [0, 0.1) is 6.92 Å². The number of carbonyl (C=O) groups excluding carboxylic acids is 1. The monoisotopic (exact) mass is 380 g/mol. The molecule has 0 saturated carbocycles. The van der Waals surface area contributed by atoms with Crippen LogP contribution in [0.1, 0.15) is 24.7 Å². The van der Waals surface area contributed by atoms with Crippen molar-refractivity contribution in [2.45, 2.75) is 26.3 Å². The number of hydrogen-bond acceptors (Lipinski definition) is 5. The fourth-order valence-electron chi connectivity index (χ4n) is 3.60. The first kappa shape index (κ1) is 18.3. The second kappa shape index (κ2) is 7.52. The minimum Gasteiger partial charge on any atom is -0.497 e. The zero-order valence-corrected chi connectivity index (χ0v) is 16.3. The Balaban J connectivity index is 1.46. The van der Waals surface area contributed by atoms with Gasteiger partial charge in [-0.3, -0.25) is 9.69 Å². The Bertz CT molecular complexity index is 1030. The van der Waals surface area contributed by atoms with E-state index < -0.39 is 0 Å². The summed E-state index contributed by atoms with van der Waals surface area (Å²) in [6, 6.07) is 7.51. The van der Waals surface area contributed by atoms with E-state index in [1.165, 1.54) is 11.1 Å². The molecule has 1 aliphatic heterocycles. The molecule has 0 bridgehead atoms. The van der Waals surface area contributed by atoms with Gasteiger partial charge in [-0.1, -0.05) is 11.2 Å². The van der Waals surface area contributed by atoms with Crippen LogP contribution in [-0.2, 0) is 4.79 Å². The van der Waals surface area contributed by atoms with Gasteiger partial charge in [0.2, 0.25) is 5.91 Å². The van der Waals surface area contributed by atoms with Crippen LogP contribution < -0.4 is 10.1 Å². The lowest BCUT2D eigenvalue weighted by Gasteiger charge is -2.30. The quantitative estimate of drug-likeness (QED) is 0.707. The summed E-state index contributed by atoms with van der Waals surface area (Å²) in [5.41, 5.74) is 3.58. The molecule has 1 amide bonds. The molecule has 2 aromatic heterocycles. The van der Waals surface area contributed by atoms with Crippen molar-refractivity contribution < 1.29 is 14.1 Å². The first-order valence-electron chi connectivity index (χ1n) is 9.38. The van der Waals surface area contributed by atoms with Gasteiger partial charge < -0.3 is 19.6 Å². The number of nitrogens with zero attached hydrogens (tertiary/aromatic N) is 2. The standard InChI is InChI=1S/C21H24N4O3/c1-13-10-20(24-28-13)23-21(26)14(2)25-8-6-15(7-9-25)18-12-22-19-5-4-16(27-3)11-17(18)19/h4-6,10-12,14,22H,7-9H2,1-3H3,(H,23,24,26)/t14-/m1/s1. The number of H-pyrrole nitrogens is 1. The van der Waals surface area contributed by atoms with E-state index in [2.05, 4.69) is 38.7 Å². The van der Waals surface area contributed by atoms with Gasteiger partial charge in [0.15, 0.2) is 5.82 Å². The number of hydrogen-bond donors (Lipinski definition) is 2. The van der Waals surface area contributed by atoms with Crippen LogP contribution in [0.3, 0.4) is 0 Å². The molecule has 1 aromatic carbocycles. The van der Waals surface area contributed by atoms with Gasteiger partial charge in [0.05, 0.1) is 13.2 Å². The molecule has 1 aliphatic rings. The molecule has 3 heterocycles. The summed E-state index contributed by atoms with van der Waals surface area (Å²) >= 11 is 0. The Labute approximate surface area is 163 Å². The van der Waals surface area contributed by atoms with Crippen molar-refractivity contribution in [3.63, 3.8) is 0 Å². The van der Waals surface area contributed by atoms with E-state index in [4.69, 9.17) is 9.26 Å². The van der Waals surface area contributed by atoms with Crippen molar-refractivity contribution in [2.24, 2.45) is 0 Å². The molecule has 0 fully saturated rings. The Morgan fingerprint density at radius 1 is 1.39 bits per heavy atom. The van der Waals surface area contributed by atoms with E-state index in [1.807, 2.05) is 19.1 Å². The van der Waals surface area contributed by atoms with Crippen molar-refractivity contribution in [1.29, 1.82) is 0 Å².